The van der Waals surface area contributed by atoms with Gasteiger partial charge in [0.1, 0.15) is 11.7 Å². The summed E-state index contributed by atoms with van der Waals surface area (Å²) in [6.07, 6.45) is 1.62. The van der Waals surface area contributed by atoms with Gasteiger partial charge in [0.25, 0.3) is 5.69 Å². The van der Waals surface area contributed by atoms with Crippen LogP contribution in [0, 0.1) is 16.0 Å². The molecular weight excluding hydrogens is 492 g/mol. The highest BCUT2D eigenvalue weighted by atomic mass is 32.2. The van der Waals surface area contributed by atoms with E-state index < -0.39 is 21.0 Å². The maximum absolute atomic E-state index is 13.5. The van der Waals surface area contributed by atoms with Crippen molar-refractivity contribution in [2.45, 2.75) is 37.1 Å². The molecule has 0 aliphatic carbocycles. The fourth-order valence-electron chi connectivity index (χ4n) is 4.45. The number of nitrogens with one attached hydrogen (secondary N) is 1. The zero-order chi connectivity index (χ0) is 26.6. The van der Waals surface area contributed by atoms with E-state index in [0.29, 0.717) is 24.6 Å². The Morgan fingerprint density at radius 1 is 1.05 bits per heavy atom. The van der Waals surface area contributed by atoms with Crippen LogP contribution in [0.5, 0.6) is 0 Å². The van der Waals surface area contributed by atoms with E-state index in [1.807, 2.05) is 30.3 Å². The lowest BCUT2D eigenvalue weighted by molar-refractivity contribution is -0.384. The Bertz CT molecular complexity index is 1370. The third-order valence-corrected chi connectivity index (χ3v) is 8.18. The van der Waals surface area contributed by atoms with Gasteiger partial charge in [-0.2, -0.15) is 4.72 Å². The number of sulfonamides is 1. The van der Waals surface area contributed by atoms with Crippen LogP contribution in [0.2, 0.25) is 0 Å². The van der Waals surface area contributed by atoms with Crippen molar-refractivity contribution in [3.05, 3.63) is 88.5 Å². The first-order valence-electron chi connectivity index (χ1n) is 12.1. The predicted molar refractivity (Wildman–Crippen MR) is 142 cm³/mol. The van der Waals surface area contributed by atoms with Crippen molar-refractivity contribution < 1.29 is 18.1 Å². The van der Waals surface area contributed by atoms with Crippen molar-refractivity contribution in [2.75, 3.05) is 18.8 Å². The van der Waals surface area contributed by atoms with Crippen molar-refractivity contribution in [3.63, 3.8) is 0 Å². The smallest absolute Gasteiger partial charge is 0.292 e. The van der Waals surface area contributed by atoms with Gasteiger partial charge in [-0.05, 0) is 60.1 Å². The number of nitro groups is 1. The van der Waals surface area contributed by atoms with Crippen molar-refractivity contribution in [3.8, 4) is 11.1 Å². The third-order valence-electron chi connectivity index (χ3n) is 6.69. The summed E-state index contributed by atoms with van der Waals surface area (Å²) in [4.78, 5) is 25.9. The summed E-state index contributed by atoms with van der Waals surface area (Å²) in [7, 11) is -4.06. The Kier molecular flexibility index (Phi) is 7.89. The van der Waals surface area contributed by atoms with Crippen LogP contribution in [0.15, 0.2) is 77.7 Å². The number of hydrogen-bond acceptors (Lipinski definition) is 6. The second-order valence-corrected chi connectivity index (χ2v) is 11.1. The molecule has 4 rings (SSSR count). The van der Waals surface area contributed by atoms with Gasteiger partial charge in [0, 0.05) is 19.2 Å². The SMILES string of the molecule is CC1CCN(C(=O)C(Cc2ccc(N)c([N+](=O)[O-])c2)NS(=O)(=O)c2ccc(-c3ccccc3)cc2)CC1. The first-order valence-corrected chi connectivity index (χ1v) is 13.6. The first kappa shape index (κ1) is 26.3. The van der Waals surface area contributed by atoms with Crippen LogP contribution in [0.25, 0.3) is 11.1 Å². The fourth-order valence-corrected chi connectivity index (χ4v) is 5.64. The van der Waals surface area contributed by atoms with E-state index in [2.05, 4.69) is 11.6 Å². The molecule has 0 radical (unpaired) electrons. The summed E-state index contributed by atoms with van der Waals surface area (Å²) >= 11 is 0. The minimum absolute atomic E-state index is 0.000677. The average Bonchev–Trinajstić information content (AvgIpc) is 2.89. The summed E-state index contributed by atoms with van der Waals surface area (Å²) in [5.74, 6) is 0.137. The highest BCUT2D eigenvalue weighted by Crippen LogP contribution is 2.25. The Morgan fingerprint density at radius 3 is 2.30 bits per heavy atom. The number of benzene rings is 3. The van der Waals surface area contributed by atoms with Gasteiger partial charge in [-0.3, -0.25) is 14.9 Å². The summed E-state index contributed by atoms with van der Waals surface area (Å²) in [6, 6.07) is 19.1. The number of nitrogens with two attached hydrogens (primary N) is 1. The van der Waals surface area contributed by atoms with Gasteiger partial charge in [-0.25, -0.2) is 8.42 Å². The molecular formula is C27H30N4O5S. The number of anilines is 1. The average molecular weight is 523 g/mol. The monoisotopic (exact) mass is 522 g/mol. The molecule has 1 aliphatic heterocycles. The van der Waals surface area contributed by atoms with Crippen LogP contribution in [0.4, 0.5) is 11.4 Å². The van der Waals surface area contributed by atoms with Crippen molar-refractivity contribution in [2.24, 2.45) is 5.92 Å². The second-order valence-electron chi connectivity index (χ2n) is 9.43. The number of nitrogens with zero attached hydrogens (tertiary/aromatic N) is 2. The third kappa shape index (κ3) is 6.33. The Hall–Kier alpha value is -3.76. The van der Waals surface area contributed by atoms with Crippen LogP contribution in [-0.4, -0.2) is 43.3 Å². The second kappa shape index (κ2) is 11.1. The molecule has 0 aromatic heterocycles. The molecule has 1 amide bonds. The molecule has 0 bridgehead atoms. The molecule has 37 heavy (non-hydrogen) atoms. The minimum atomic E-state index is -4.06. The van der Waals surface area contributed by atoms with E-state index in [4.69, 9.17) is 5.73 Å². The number of carbonyl (C=O) groups is 1. The van der Waals surface area contributed by atoms with E-state index >= 15 is 0 Å². The molecule has 1 heterocycles. The van der Waals surface area contributed by atoms with Crippen LogP contribution in [0.1, 0.15) is 25.3 Å². The predicted octanol–water partition coefficient (Wildman–Crippen LogP) is 3.99. The number of carbonyl (C=O) groups excluding carboxylic acids is 1. The molecule has 9 nitrogen and oxygen atoms in total. The van der Waals surface area contributed by atoms with Gasteiger partial charge in [0.2, 0.25) is 15.9 Å². The molecule has 0 saturated carbocycles. The largest absolute Gasteiger partial charge is 0.393 e. The maximum atomic E-state index is 13.5. The molecule has 3 N–H and O–H groups in total. The minimum Gasteiger partial charge on any atom is -0.393 e. The van der Waals surface area contributed by atoms with Gasteiger partial charge in [0.15, 0.2) is 0 Å². The number of nitrogen functional groups attached to an aromatic ring is 1. The van der Waals surface area contributed by atoms with Gasteiger partial charge in [-0.15, -0.1) is 0 Å². The molecule has 1 fully saturated rings. The molecule has 3 aromatic carbocycles. The van der Waals surface area contributed by atoms with Crippen LogP contribution < -0.4 is 10.5 Å². The number of rotatable bonds is 8. The summed E-state index contributed by atoms with van der Waals surface area (Å²) in [6.45, 7) is 3.19. The zero-order valence-corrected chi connectivity index (χ0v) is 21.4. The highest BCUT2D eigenvalue weighted by Gasteiger charge is 2.31. The Labute approximate surface area is 216 Å². The lowest BCUT2D eigenvalue weighted by Gasteiger charge is -2.33. The van der Waals surface area contributed by atoms with Gasteiger partial charge >= 0.3 is 0 Å². The highest BCUT2D eigenvalue weighted by molar-refractivity contribution is 7.89. The van der Waals surface area contributed by atoms with Crippen LogP contribution in [0.3, 0.4) is 0 Å². The number of amides is 1. The summed E-state index contributed by atoms with van der Waals surface area (Å²) in [5.41, 5.74) is 7.69. The van der Waals surface area contributed by atoms with Gasteiger partial charge in [-0.1, -0.05) is 55.5 Å². The molecule has 1 unspecified atom stereocenters. The summed E-state index contributed by atoms with van der Waals surface area (Å²) < 4.78 is 29.2. The van der Waals surface area contributed by atoms with Gasteiger partial charge < -0.3 is 10.6 Å². The topological polar surface area (TPSA) is 136 Å². The van der Waals surface area contributed by atoms with Crippen molar-refractivity contribution in [1.82, 2.24) is 9.62 Å². The van der Waals surface area contributed by atoms with Crippen molar-refractivity contribution >= 4 is 27.3 Å². The molecule has 1 atom stereocenters. The Morgan fingerprint density at radius 2 is 1.68 bits per heavy atom. The molecule has 1 saturated heterocycles. The maximum Gasteiger partial charge on any atom is 0.292 e. The van der Waals surface area contributed by atoms with E-state index in [0.717, 1.165) is 24.0 Å². The van der Waals surface area contributed by atoms with Crippen LogP contribution in [-0.2, 0) is 21.2 Å². The molecule has 0 spiro atoms. The molecule has 194 valence electrons. The quantitative estimate of drug-likeness (QED) is 0.261. The van der Waals surface area contributed by atoms with Gasteiger partial charge in [0.05, 0.1) is 9.82 Å². The molecule has 1 aliphatic rings. The molecule has 10 heteroatoms. The Balaban J connectivity index is 1.60. The normalized spacial score (nSPS) is 15.3. The standard InChI is InChI=1S/C27H30N4O5S/c1-19-13-15-30(16-14-19)27(32)25(17-20-7-12-24(28)26(18-20)31(33)34)29-37(35,36)23-10-8-22(9-11-23)21-5-3-2-4-6-21/h2-12,18-19,25,29H,13-17,28H2,1H3. The van der Waals surface area contributed by atoms with E-state index in [-0.39, 0.29) is 28.6 Å². The molecule has 3 aromatic rings. The summed E-state index contributed by atoms with van der Waals surface area (Å²) in [5, 5.41) is 11.4. The number of likely N-dealkylation sites (tertiary alicyclic amines) is 1. The zero-order valence-electron chi connectivity index (χ0n) is 20.5. The van der Waals surface area contributed by atoms with E-state index in [1.54, 1.807) is 23.1 Å². The first-order chi connectivity index (χ1) is 17.6. The van der Waals surface area contributed by atoms with E-state index in [1.165, 1.54) is 24.3 Å². The lowest BCUT2D eigenvalue weighted by Crippen LogP contribution is -2.51. The van der Waals surface area contributed by atoms with Crippen LogP contribution >= 0.6 is 0 Å². The van der Waals surface area contributed by atoms with Crippen molar-refractivity contribution in [1.29, 1.82) is 0 Å². The number of piperidine rings is 1. The lowest BCUT2D eigenvalue weighted by atomic mass is 9.97. The number of nitro benzene ring substituents is 1. The van der Waals surface area contributed by atoms with E-state index in [9.17, 15) is 23.3 Å². The number of hydrogen-bond donors (Lipinski definition) is 2. The fraction of sp³-hybridized carbons (Fsp3) is 0.296.